The van der Waals surface area contributed by atoms with E-state index in [1.807, 2.05) is 0 Å². The van der Waals surface area contributed by atoms with E-state index in [9.17, 15) is 43.9 Å². The Hall–Kier alpha value is -0.700. The zero-order valence-electron chi connectivity index (χ0n) is 8.61. The van der Waals surface area contributed by atoms with Gasteiger partial charge in [-0.2, -0.15) is 43.9 Å². The van der Waals surface area contributed by atoms with Crippen LogP contribution in [0.3, 0.4) is 0 Å². The van der Waals surface area contributed by atoms with Crippen molar-refractivity contribution >= 4 is 0 Å². The fraction of sp³-hybridized carbons (Fsp3) is 1.00. The summed E-state index contributed by atoms with van der Waals surface area (Å²) in [6.45, 7) is 0. The lowest BCUT2D eigenvalue weighted by Crippen LogP contribution is -2.37. The van der Waals surface area contributed by atoms with Crippen LogP contribution in [0.2, 0.25) is 0 Å². The molecule has 0 saturated carbocycles. The predicted octanol–water partition coefficient (Wildman–Crippen LogP) is 4.94. The zero-order chi connectivity index (χ0) is 14.8. The summed E-state index contributed by atoms with van der Waals surface area (Å²) in [4.78, 5) is 0. The van der Waals surface area contributed by atoms with E-state index >= 15 is 0 Å². The SMILES string of the molecule is FC(F)(F)C(F)(F)CCCCC(F)(F)C(F)(F)F. The molecule has 110 valence electrons. The van der Waals surface area contributed by atoms with Gasteiger partial charge in [-0.15, -0.1) is 0 Å². The van der Waals surface area contributed by atoms with Crippen LogP contribution in [0.5, 0.6) is 0 Å². The van der Waals surface area contributed by atoms with E-state index in [0.717, 1.165) is 0 Å². The molecule has 0 saturated heterocycles. The Balaban J connectivity index is 4.17. The monoisotopic (exact) mass is 294 g/mol. The molecule has 0 aliphatic carbocycles. The molecule has 0 rings (SSSR count). The largest absolute Gasteiger partial charge is 0.453 e. The fourth-order valence-corrected chi connectivity index (χ4v) is 0.978. The second-order valence-electron chi connectivity index (χ2n) is 3.61. The van der Waals surface area contributed by atoms with Crippen LogP contribution in [-0.4, -0.2) is 24.2 Å². The minimum Gasteiger partial charge on any atom is -0.196 e. The first-order valence-electron chi connectivity index (χ1n) is 4.60. The van der Waals surface area contributed by atoms with Crippen molar-refractivity contribution in [1.29, 1.82) is 0 Å². The van der Waals surface area contributed by atoms with E-state index in [-0.39, 0.29) is 0 Å². The lowest BCUT2D eigenvalue weighted by atomic mass is 10.1. The van der Waals surface area contributed by atoms with E-state index in [1.165, 1.54) is 0 Å². The highest BCUT2D eigenvalue weighted by Gasteiger charge is 2.58. The van der Waals surface area contributed by atoms with E-state index in [2.05, 4.69) is 0 Å². The van der Waals surface area contributed by atoms with Gasteiger partial charge < -0.3 is 0 Å². The molecule has 10 heteroatoms. The van der Waals surface area contributed by atoms with E-state index in [0.29, 0.717) is 0 Å². The van der Waals surface area contributed by atoms with Gasteiger partial charge >= 0.3 is 24.2 Å². The predicted molar refractivity (Wildman–Crippen MR) is 40.5 cm³/mol. The van der Waals surface area contributed by atoms with Crippen LogP contribution >= 0.6 is 0 Å². The van der Waals surface area contributed by atoms with Crippen molar-refractivity contribution < 1.29 is 43.9 Å². The van der Waals surface area contributed by atoms with Crippen LogP contribution in [0, 0.1) is 0 Å². The van der Waals surface area contributed by atoms with E-state index in [1.54, 1.807) is 0 Å². The molecule has 18 heavy (non-hydrogen) atoms. The maximum atomic E-state index is 12.2. The molecule has 0 spiro atoms. The van der Waals surface area contributed by atoms with Crippen LogP contribution in [0.25, 0.3) is 0 Å². The number of hydrogen-bond donors (Lipinski definition) is 0. The van der Waals surface area contributed by atoms with Crippen molar-refractivity contribution in [3.63, 3.8) is 0 Å². The topological polar surface area (TPSA) is 0 Å². The number of hydrogen-bond acceptors (Lipinski definition) is 0. The Morgan fingerprint density at radius 3 is 0.833 bits per heavy atom. The lowest BCUT2D eigenvalue weighted by molar-refractivity contribution is -0.289. The van der Waals surface area contributed by atoms with Gasteiger partial charge in [0, 0.05) is 12.8 Å². The number of halogens is 10. The van der Waals surface area contributed by atoms with Crippen LogP contribution in [0.4, 0.5) is 43.9 Å². The number of rotatable bonds is 5. The van der Waals surface area contributed by atoms with Crippen LogP contribution in [0.1, 0.15) is 25.7 Å². The first-order chi connectivity index (χ1) is 7.71. The molecule has 0 heterocycles. The molecule has 0 aliphatic heterocycles. The van der Waals surface area contributed by atoms with E-state index < -0.39 is 49.9 Å². The van der Waals surface area contributed by atoms with Gasteiger partial charge in [-0.3, -0.25) is 0 Å². The summed E-state index contributed by atoms with van der Waals surface area (Å²) in [6, 6.07) is 0. The van der Waals surface area contributed by atoms with Crippen LogP contribution in [0.15, 0.2) is 0 Å². The third-order valence-corrected chi connectivity index (χ3v) is 2.06. The molecule has 0 bridgehead atoms. The van der Waals surface area contributed by atoms with Gasteiger partial charge in [0.2, 0.25) is 0 Å². The summed E-state index contributed by atoms with van der Waals surface area (Å²) in [6.07, 6.45) is -17.5. The maximum absolute atomic E-state index is 12.2. The van der Waals surface area contributed by atoms with Gasteiger partial charge in [-0.1, -0.05) is 0 Å². The molecule has 0 aromatic carbocycles. The Bertz CT molecular complexity index is 232. The van der Waals surface area contributed by atoms with Gasteiger partial charge in [-0.05, 0) is 12.8 Å². The molecular weight excluding hydrogens is 286 g/mol. The van der Waals surface area contributed by atoms with Gasteiger partial charge in [0.15, 0.2) is 0 Å². The maximum Gasteiger partial charge on any atom is 0.453 e. The molecule has 0 radical (unpaired) electrons. The van der Waals surface area contributed by atoms with Crippen molar-refractivity contribution in [2.75, 3.05) is 0 Å². The summed E-state index contributed by atoms with van der Waals surface area (Å²) in [5, 5.41) is 0. The molecule has 0 aromatic rings. The molecule has 0 fully saturated rings. The highest BCUT2D eigenvalue weighted by atomic mass is 19.4. The lowest BCUT2D eigenvalue weighted by Gasteiger charge is -2.21. The average Bonchev–Trinajstić information content (AvgIpc) is 2.08. The number of unbranched alkanes of at least 4 members (excludes halogenated alkanes) is 1. The second kappa shape index (κ2) is 5.12. The average molecular weight is 294 g/mol. The van der Waals surface area contributed by atoms with Crippen molar-refractivity contribution in [1.82, 2.24) is 0 Å². The third-order valence-electron chi connectivity index (χ3n) is 2.06. The number of alkyl halides is 10. The highest BCUT2D eigenvalue weighted by Crippen LogP contribution is 2.42. The molecular formula is C8H8F10. The molecule has 0 amide bonds. The minimum absolute atomic E-state index is 1.09. The first kappa shape index (κ1) is 17.3. The normalized spacial score (nSPS) is 15.0. The van der Waals surface area contributed by atoms with Gasteiger partial charge in [0.25, 0.3) is 0 Å². The summed E-state index contributed by atoms with van der Waals surface area (Å²) < 4.78 is 119. The molecule has 0 N–H and O–H groups in total. The molecule has 0 unspecified atom stereocenters. The van der Waals surface area contributed by atoms with Crippen molar-refractivity contribution in [3.8, 4) is 0 Å². The Morgan fingerprint density at radius 1 is 0.444 bits per heavy atom. The first-order valence-corrected chi connectivity index (χ1v) is 4.60. The zero-order valence-corrected chi connectivity index (χ0v) is 8.61. The Labute approximate surface area is 94.9 Å². The Kier molecular flexibility index (Phi) is 4.92. The summed E-state index contributed by atoms with van der Waals surface area (Å²) in [5.74, 6) is -10.2. The third kappa shape index (κ3) is 4.52. The minimum atomic E-state index is -5.83. The van der Waals surface area contributed by atoms with Crippen molar-refractivity contribution in [2.45, 2.75) is 49.9 Å². The molecule has 0 nitrogen and oxygen atoms in total. The fourth-order valence-electron chi connectivity index (χ4n) is 0.978. The van der Waals surface area contributed by atoms with Crippen molar-refractivity contribution in [2.24, 2.45) is 0 Å². The summed E-state index contributed by atoms with van der Waals surface area (Å²) >= 11 is 0. The summed E-state index contributed by atoms with van der Waals surface area (Å²) in [5.41, 5.74) is 0. The molecule has 0 aliphatic rings. The molecule has 0 atom stereocenters. The van der Waals surface area contributed by atoms with E-state index in [4.69, 9.17) is 0 Å². The summed E-state index contributed by atoms with van der Waals surface area (Å²) in [7, 11) is 0. The van der Waals surface area contributed by atoms with Crippen LogP contribution < -0.4 is 0 Å². The van der Waals surface area contributed by atoms with Gasteiger partial charge in [-0.25, -0.2) is 0 Å². The molecule has 0 aromatic heterocycles. The van der Waals surface area contributed by atoms with Gasteiger partial charge in [0.1, 0.15) is 0 Å². The standard InChI is InChI=1S/C8H8F10/c9-5(10,7(13,14)15)3-1-2-4-6(11,12)8(16,17)18/h1-4H2. The van der Waals surface area contributed by atoms with Crippen molar-refractivity contribution in [3.05, 3.63) is 0 Å². The van der Waals surface area contributed by atoms with Crippen LogP contribution in [-0.2, 0) is 0 Å². The highest BCUT2D eigenvalue weighted by molar-refractivity contribution is 4.78. The second-order valence-corrected chi connectivity index (χ2v) is 3.61. The quantitative estimate of drug-likeness (QED) is 0.497. The smallest absolute Gasteiger partial charge is 0.196 e. The van der Waals surface area contributed by atoms with Gasteiger partial charge in [0.05, 0.1) is 0 Å². The Morgan fingerprint density at radius 2 is 0.667 bits per heavy atom.